The average molecular weight is 398 g/mol. The number of hydrogen-bond acceptors (Lipinski definition) is 5. The minimum Gasteiger partial charge on any atom is -0.484 e. The molecule has 0 aliphatic rings. The highest BCUT2D eigenvalue weighted by molar-refractivity contribution is 7.90. The summed E-state index contributed by atoms with van der Waals surface area (Å²) in [6.45, 7) is 0.923. The molecule has 3 rings (SSSR count). The zero-order valence-corrected chi connectivity index (χ0v) is 15.8. The Morgan fingerprint density at radius 1 is 0.929 bits per heavy atom. The van der Waals surface area contributed by atoms with Crippen LogP contribution in [0, 0.1) is 0 Å². The first-order valence-corrected chi connectivity index (χ1v) is 9.87. The van der Waals surface area contributed by atoms with Crippen molar-refractivity contribution in [2.45, 2.75) is 11.8 Å². The van der Waals surface area contributed by atoms with Crippen LogP contribution in [-0.4, -0.2) is 26.8 Å². The van der Waals surface area contributed by atoms with Gasteiger partial charge in [-0.3, -0.25) is 9.59 Å². The van der Waals surface area contributed by atoms with Crippen molar-refractivity contribution in [3.05, 3.63) is 66.7 Å². The highest BCUT2D eigenvalue weighted by Gasteiger charge is 2.15. The van der Waals surface area contributed by atoms with Crippen molar-refractivity contribution in [3.8, 4) is 5.75 Å². The number of ether oxygens (including phenoxy) is 1. The molecule has 144 valence electrons. The number of benzene rings is 3. The molecule has 0 saturated carbocycles. The van der Waals surface area contributed by atoms with E-state index in [1.807, 2.05) is 41.1 Å². The van der Waals surface area contributed by atoms with E-state index in [0.29, 0.717) is 11.4 Å². The summed E-state index contributed by atoms with van der Waals surface area (Å²) in [5.74, 6) is -0.487. The van der Waals surface area contributed by atoms with Crippen molar-refractivity contribution < 1.29 is 22.7 Å². The normalized spacial score (nSPS) is 11.0. The zero-order chi connectivity index (χ0) is 20.1. The summed E-state index contributed by atoms with van der Waals surface area (Å²) in [4.78, 5) is 22.9. The summed E-state index contributed by atoms with van der Waals surface area (Å²) < 4.78 is 31.2. The molecule has 0 aromatic heterocycles. The highest BCUT2D eigenvalue weighted by Crippen LogP contribution is 2.20. The number of sulfonamides is 1. The molecule has 0 heterocycles. The van der Waals surface area contributed by atoms with Crippen LogP contribution in [0.2, 0.25) is 0 Å². The Bertz CT molecular complexity index is 1120. The van der Waals surface area contributed by atoms with Crippen LogP contribution in [0.3, 0.4) is 0 Å². The smallest absolute Gasteiger partial charge is 0.264 e. The van der Waals surface area contributed by atoms with Crippen LogP contribution in [0.15, 0.2) is 71.6 Å². The van der Waals surface area contributed by atoms with Crippen LogP contribution in [0.1, 0.15) is 6.92 Å². The molecule has 0 aliphatic heterocycles. The molecule has 0 unspecified atom stereocenters. The summed E-state index contributed by atoms with van der Waals surface area (Å²) >= 11 is 0. The number of anilines is 1. The maximum atomic E-state index is 12.1. The molecule has 3 aromatic carbocycles. The Balaban J connectivity index is 1.59. The van der Waals surface area contributed by atoms with Gasteiger partial charge in [0.15, 0.2) is 6.61 Å². The lowest BCUT2D eigenvalue weighted by molar-refractivity contribution is -0.118. The Morgan fingerprint density at radius 2 is 1.61 bits per heavy atom. The molecule has 0 radical (unpaired) electrons. The van der Waals surface area contributed by atoms with Crippen molar-refractivity contribution in [2.75, 3.05) is 11.9 Å². The molecule has 0 aliphatic carbocycles. The summed E-state index contributed by atoms with van der Waals surface area (Å²) in [5, 5.41) is 4.71. The Labute approximate surface area is 162 Å². The molecule has 3 aromatic rings. The SMILES string of the molecule is CC(=O)NS(=O)(=O)c1ccc(NC(=O)COc2ccc3ccccc3c2)cc1. The largest absolute Gasteiger partial charge is 0.484 e. The van der Waals surface area contributed by atoms with Gasteiger partial charge in [0.2, 0.25) is 5.91 Å². The predicted octanol–water partition coefficient (Wildman–Crippen LogP) is 2.68. The first kappa shape index (κ1) is 19.4. The zero-order valence-electron chi connectivity index (χ0n) is 15.0. The molecule has 28 heavy (non-hydrogen) atoms. The maximum absolute atomic E-state index is 12.1. The third-order valence-electron chi connectivity index (χ3n) is 3.82. The number of fused-ring (bicyclic) bond motifs is 1. The number of rotatable bonds is 6. The number of nitrogens with one attached hydrogen (secondary N) is 2. The molecule has 0 fully saturated rings. The molecule has 0 atom stereocenters. The average Bonchev–Trinajstić information content (AvgIpc) is 2.65. The summed E-state index contributed by atoms with van der Waals surface area (Å²) in [6, 6.07) is 18.8. The molecule has 0 saturated heterocycles. The standard InChI is InChI=1S/C20H18N2O5S/c1-14(23)22-28(25,26)19-10-7-17(8-11-19)21-20(24)13-27-18-9-6-15-4-2-3-5-16(15)12-18/h2-12H,13H2,1H3,(H,21,24)(H,22,23). The van der Waals surface area contributed by atoms with Gasteiger partial charge in [-0.05, 0) is 47.2 Å². The van der Waals surface area contributed by atoms with E-state index in [4.69, 9.17) is 4.74 Å². The van der Waals surface area contributed by atoms with Gasteiger partial charge in [-0.15, -0.1) is 0 Å². The van der Waals surface area contributed by atoms with Gasteiger partial charge in [-0.2, -0.15) is 0 Å². The van der Waals surface area contributed by atoms with Crippen molar-refractivity contribution in [1.29, 1.82) is 0 Å². The van der Waals surface area contributed by atoms with E-state index < -0.39 is 15.9 Å². The second kappa shape index (κ2) is 8.10. The first-order chi connectivity index (χ1) is 13.3. The van der Waals surface area contributed by atoms with E-state index in [2.05, 4.69) is 5.32 Å². The second-order valence-corrected chi connectivity index (χ2v) is 7.71. The van der Waals surface area contributed by atoms with Crippen LogP contribution in [0.5, 0.6) is 5.75 Å². The third-order valence-corrected chi connectivity index (χ3v) is 5.27. The molecule has 8 heteroatoms. The van der Waals surface area contributed by atoms with E-state index in [1.165, 1.54) is 24.3 Å². The summed E-state index contributed by atoms with van der Waals surface area (Å²) in [5.41, 5.74) is 0.411. The van der Waals surface area contributed by atoms with Gasteiger partial charge in [0.05, 0.1) is 4.90 Å². The molecular formula is C20H18N2O5S. The van der Waals surface area contributed by atoms with Crippen molar-refractivity contribution in [2.24, 2.45) is 0 Å². The number of carbonyl (C=O) groups excluding carboxylic acids is 2. The Hall–Kier alpha value is -3.39. The topological polar surface area (TPSA) is 102 Å². The molecule has 2 N–H and O–H groups in total. The van der Waals surface area contributed by atoms with Crippen molar-refractivity contribution >= 4 is 38.3 Å². The van der Waals surface area contributed by atoms with Gasteiger partial charge in [-0.1, -0.05) is 30.3 Å². The van der Waals surface area contributed by atoms with E-state index >= 15 is 0 Å². The van der Waals surface area contributed by atoms with Gasteiger partial charge in [0.25, 0.3) is 15.9 Å². The van der Waals surface area contributed by atoms with E-state index in [-0.39, 0.29) is 17.4 Å². The lowest BCUT2D eigenvalue weighted by atomic mass is 10.1. The van der Waals surface area contributed by atoms with Gasteiger partial charge < -0.3 is 10.1 Å². The Morgan fingerprint density at radius 3 is 2.29 bits per heavy atom. The molecule has 0 bridgehead atoms. The van der Waals surface area contributed by atoms with Crippen molar-refractivity contribution in [1.82, 2.24) is 4.72 Å². The molecule has 7 nitrogen and oxygen atoms in total. The fourth-order valence-corrected chi connectivity index (χ4v) is 3.56. The van der Waals surface area contributed by atoms with Gasteiger partial charge in [0, 0.05) is 12.6 Å². The van der Waals surface area contributed by atoms with Gasteiger partial charge in [-0.25, -0.2) is 13.1 Å². The molecule has 0 spiro atoms. The van der Waals surface area contributed by atoms with Crippen molar-refractivity contribution in [3.63, 3.8) is 0 Å². The van der Waals surface area contributed by atoms with Crippen LogP contribution in [-0.2, 0) is 19.6 Å². The maximum Gasteiger partial charge on any atom is 0.264 e. The van der Waals surface area contributed by atoms with Gasteiger partial charge >= 0.3 is 0 Å². The molecule has 2 amide bonds. The fraction of sp³-hybridized carbons (Fsp3) is 0.100. The van der Waals surface area contributed by atoms with Crippen LogP contribution in [0.4, 0.5) is 5.69 Å². The Kier molecular flexibility index (Phi) is 5.60. The second-order valence-electron chi connectivity index (χ2n) is 6.03. The monoisotopic (exact) mass is 398 g/mol. The minimum atomic E-state index is -3.91. The lowest BCUT2D eigenvalue weighted by Gasteiger charge is -2.09. The fourth-order valence-electron chi connectivity index (χ4n) is 2.57. The number of hydrogen-bond donors (Lipinski definition) is 2. The molecular weight excluding hydrogens is 380 g/mol. The van der Waals surface area contributed by atoms with Crippen LogP contribution in [0.25, 0.3) is 10.8 Å². The van der Waals surface area contributed by atoms with Crippen LogP contribution < -0.4 is 14.8 Å². The van der Waals surface area contributed by atoms with Crippen LogP contribution >= 0.6 is 0 Å². The quantitative estimate of drug-likeness (QED) is 0.665. The minimum absolute atomic E-state index is 0.0758. The van der Waals surface area contributed by atoms with Gasteiger partial charge in [0.1, 0.15) is 5.75 Å². The summed E-state index contributed by atoms with van der Waals surface area (Å²) in [6.07, 6.45) is 0. The first-order valence-electron chi connectivity index (χ1n) is 8.38. The number of carbonyl (C=O) groups is 2. The highest BCUT2D eigenvalue weighted by atomic mass is 32.2. The number of amides is 2. The third kappa shape index (κ3) is 4.86. The summed E-state index contributed by atoms with van der Waals surface area (Å²) in [7, 11) is -3.91. The van der Waals surface area contributed by atoms with E-state index in [0.717, 1.165) is 17.7 Å². The predicted molar refractivity (Wildman–Crippen MR) is 106 cm³/mol. The van der Waals surface area contributed by atoms with E-state index in [1.54, 1.807) is 6.07 Å². The lowest BCUT2D eigenvalue weighted by Crippen LogP contribution is -2.28. The van der Waals surface area contributed by atoms with E-state index in [9.17, 15) is 18.0 Å².